The van der Waals surface area contributed by atoms with Crippen LogP contribution in [0.5, 0.6) is 0 Å². The third-order valence-corrected chi connectivity index (χ3v) is 3.43. The fourth-order valence-electron chi connectivity index (χ4n) is 2.39. The minimum absolute atomic E-state index is 0.262. The van der Waals surface area contributed by atoms with Gasteiger partial charge in [-0.3, -0.25) is 9.97 Å². The number of pyridine rings is 1. The molecular weight excluding hydrogens is 265 g/mol. The molecule has 0 radical (unpaired) electrons. The van der Waals surface area contributed by atoms with Crippen LogP contribution in [-0.4, -0.2) is 15.0 Å². The highest BCUT2D eigenvalue weighted by atomic mass is 19.1. The van der Waals surface area contributed by atoms with Crippen LogP contribution in [0.4, 0.5) is 4.39 Å². The molecule has 100 valence electrons. The van der Waals surface area contributed by atoms with Crippen molar-refractivity contribution in [1.29, 1.82) is 0 Å². The summed E-state index contributed by atoms with van der Waals surface area (Å²) in [6.07, 6.45) is 3.46. The molecule has 0 bridgehead atoms. The SMILES string of the molecule is Fc1ccc(-c2cnc3ccc4ncccc4c3n2)cc1. The van der Waals surface area contributed by atoms with Crippen LogP contribution in [0.2, 0.25) is 0 Å². The van der Waals surface area contributed by atoms with Gasteiger partial charge < -0.3 is 0 Å². The molecule has 0 spiro atoms. The maximum atomic E-state index is 13.0. The Labute approximate surface area is 120 Å². The number of fused-ring (bicyclic) bond motifs is 3. The number of benzene rings is 2. The Balaban J connectivity index is 2.00. The zero-order valence-corrected chi connectivity index (χ0v) is 11.0. The average Bonchev–Trinajstić information content (AvgIpc) is 2.55. The third-order valence-electron chi connectivity index (χ3n) is 3.43. The van der Waals surface area contributed by atoms with Crippen LogP contribution in [0, 0.1) is 5.82 Å². The quantitative estimate of drug-likeness (QED) is 0.493. The predicted molar refractivity (Wildman–Crippen MR) is 80.2 cm³/mol. The molecule has 2 heterocycles. The van der Waals surface area contributed by atoms with Gasteiger partial charge >= 0.3 is 0 Å². The van der Waals surface area contributed by atoms with Crippen LogP contribution >= 0.6 is 0 Å². The van der Waals surface area contributed by atoms with Gasteiger partial charge in [0.15, 0.2) is 0 Å². The molecule has 4 rings (SSSR count). The van der Waals surface area contributed by atoms with Gasteiger partial charge in [0.1, 0.15) is 5.82 Å². The standard InChI is InChI=1S/C17H10FN3/c18-12-5-3-11(4-6-12)16-10-20-15-8-7-14-13(17(15)21-16)2-1-9-19-14/h1-10H. The normalized spacial score (nSPS) is 11.1. The largest absolute Gasteiger partial charge is 0.256 e. The first kappa shape index (κ1) is 11.9. The van der Waals surface area contributed by atoms with Gasteiger partial charge in [-0.1, -0.05) is 0 Å². The first-order valence-electron chi connectivity index (χ1n) is 6.58. The molecule has 3 nitrogen and oxygen atoms in total. The second-order valence-electron chi connectivity index (χ2n) is 4.77. The van der Waals surface area contributed by atoms with Gasteiger partial charge in [-0.05, 0) is 48.5 Å². The summed E-state index contributed by atoms with van der Waals surface area (Å²) in [5.41, 5.74) is 4.07. The minimum atomic E-state index is -0.262. The van der Waals surface area contributed by atoms with Crippen LogP contribution in [-0.2, 0) is 0 Å². The molecule has 4 heteroatoms. The topological polar surface area (TPSA) is 38.7 Å². The summed E-state index contributed by atoms with van der Waals surface area (Å²) >= 11 is 0. The van der Waals surface area contributed by atoms with Crippen LogP contribution < -0.4 is 0 Å². The summed E-state index contributed by atoms with van der Waals surface area (Å²) in [5.74, 6) is -0.262. The van der Waals surface area contributed by atoms with Gasteiger partial charge in [0.25, 0.3) is 0 Å². The molecule has 0 saturated carbocycles. The van der Waals surface area contributed by atoms with Gasteiger partial charge in [-0.2, -0.15) is 0 Å². The summed E-state index contributed by atoms with van der Waals surface area (Å²) in [6.45, 7) is 0. The van der Waals surface area contributed by atoms with Crippen LogP contribution in [0.15, 0.2) is 60.9 Å². The highest BCUT2D eigenvalue weighted by Gasteiger charge is 2.06. The molecule has 21 heavy (non-hydrogen) atoms. The van der Waals surface area contributed by atoms with E-state index in [0.717, 1.165) is 33.2 Å². The summed E-state index contributed by atoms with van der Waals surface area (Å²) in [6, 6.07) is 14.0. The molecule has 2 aromatic carbocycles. The second kappa shape index (κ2) is 4.59. The molecular formula is C17H10FN3. The second-order valence-corrected chi connectivity index (χ2v) is 4.77. The number of hydrogen-bond acceptors (Lipinski definition) is 3. The minimum Gasteiger partial charge on any atom is -0.256 e. The van der Waals surface area contributed by atoms with Gasteiger partial charge in [0.05, 0.1) is 28.4 Å². The Kier molecular flexibility index (Phi) is 2.60. The lowest BCUT2D eigenvalue weighted by molar-refractivity contribution is 0.628. The van der Waals surface area contributed by atoms with Crippen LogP contribution in [0.3, 0.4) is 0 Å². The van der Waals surface area contributed by atoms with E-state index < -0.39 is 0 Å². The summed E-state index contributed by atoms with van der Waals surface area (Å²) in [5, 5.41) is 0.964. The van der Waals surface area contributed by atoms with Crippen molar-refractivity contribution in [2.45, 2.75) is 0 Å². The zero-order valence-electron chi connectivity index (χ0n) is 11.0. The lowest BCUT2D eigenvalue weighted by atomic mass is 10.1. The van der Waals surface area contributed by atoms with Crippen molar-refractivity contribution in [3.05, 3.63) is 66.7 Å². The van der Waals surface area contributed by atoms with E-state index in [4.69, 9.17) is 0 Å². The monoisotopic (exact) mass is 275 g/mol. The van der Waals surface area contributed by atoms with Gasteiger partial charge in [0, 0.05) is 17.1 Å². The van der Waals surface area contributed by atoms with Crippen molar-refractivity contribution in [1.82, 2.24) is 15.0 Å². The molecule has 0 fully saturated rings. The van der Waals surface area contributed by atoms with Crippen molar-refractivity contribution < 1.29 is 4.39 Å². The van der Waals surface area contributed by atoms with Crippen LogP contribution in [0.1, 0.15) is 0 Å². The first-order chi connectivity index (χ1) is 10.3. The van der Waals surface area contributed by atoms with Gasteiger partial charge in [0.2, 0.25) is 0 Å². The Hall–Kier alpha value is -2.88. The molecule has 0 N–H and O–H groups in total. The van der Waals surface area contributed by atoms with Crippen LogP contribution in [0.25, 0.3) is 33.2 Å². The maximum absolute atomic E-state index is 13.0. The van der Waals surface area contributed by atoms with E-state index in [1.165, 1.54) is 12.1 Å². The lowest BCUT2D eigenvalue weighted by Gasteiger charge is -2.05. The highest BCUT2D eigenvalue weighted by Crippen LogP contribution is 2.24. The van der Waals surface area contributed by atoms with Gasteiger partial charge in [-0.15, -0.1) is 0 Å². The highest BCUT2D eigenvalue weighted by molar-refractivity contribution is 6.02. The predicted octanol–water partition coefficient (Wildman–Crippen LogP) is 3.98. The molecule has 4 aromatic rings. The molecule has 0 aliphatic carbocycles. The number of aromatic nitrogens is 3. The third kappa shape index (κ3) is 2.01. The molecule has 0 atom stereocenters. The van der Waals surface area contributed by atoms with E-state index >= 15 is 0 Å². The Morgan fingerprint density at radius 2 is 1.62 bits per heavy atom. The van der Waals surface area contributed by atoms with E-state index in [1.54, 1.807) is 24.5 Å². The Morgan fingerprint density at radius 3 is 2.48 bits per heavy atom. The molecule has 0 aliphatic heterocycles. The van der Waals surface area contributed by atoms with E-state index in [9.17, 15) is 4.39 Å². The fourth-order valence-corrected chi connectivity index (χ4v) is 2.39. The van der Waals surface area contributed by atoms with Gasteiger partial charge in [-0.25, -0.2) is 9.37 Å². The maximum Gasteiger partial charge on any atom is 0.123 e. The zero-order chi connectivity index (χ0) is 14.2. The summed E-state index contributed by atoms with van der Waals surface area (Å²) < 4.78 is 13.0. The lowest BCUT2D eigenvalue weighted by Crippen LogP contribution is -1.90. The Morgan fingerprint density at radius 1 is 0.810 bits per heavy atom. The van der Waals surface area contributed by atoms with E-state index in [-0.39, 0.29) is 5.82 Å². The Bertz CT molecular complexity index is 949. The van der Waals surface area contributed by atoms with E-state index in [1.807, 2.05) is 24.3 Å². The molecule has 0 unspecified atom stereocenters. The molecule has 0 saturated heterocycles. The molecule has 2 aromatic heterocycles. The average molecular weight is 275 g/mol. The van der Waals surface area contributed by atoms with Crippen molar-refractivity contribution in [2.75, 3.05) is 0 Å². The fraction of sp³-hybridized carbons (Fsp3) is 0. The number of rotatable bonds is 1. The first-order valence-corrected chi connectivity index (χ1v) is 6.58. The summed E-state index contributed by atoms with van der Waals surface area (Å²) in [4.78, 5) is 13.5. The van der Waals surface area contributed by atoms with Crippen molar-refractivity contribution in [2.24, 2.45) is 0 Å². The van der Waals surface area contributed by atoms with Crippen molar-refractivity contribution in [3.8, 4) is 11.3 Å². The van der Waals surface area contributed by atoms with E-state index in [0.29, 0.717) is 0 Å². The number of nitrogens with zero attached hydrogens (tertiary/aromatic N) is 3. The number of halogens is 1. The molecule has 0 amide bonds. The smallest absolute Gasteiger partial charge is 0.123 e. The van der Waals surface area contributed by atoms with Crippen molar-refractivity contribution in [3.63, 3.8) is 0 Å². The number of hydrogen-bond donors (Lipinski definition) is 0. The van der Waals surface area contributed by atoms with Crippen molar-refractivity contribution >= 4 is 21.9 Å². The van der Waals surface area contributed by atoms with E-state index in [2.05, 4.69) is 15.0 Å². The molecule has 0 aliphatic rings. The summed E-state index contributed by atoms with van der Waals surface area (Å²) in [7, 11) is 0.